The van der Waals surface area contributed by atoms with Gasteiger partial charge in [0.25, 0.3) is 5.91 Å². The number of aromatic nitrogens is 1. The fourth-order valence-electron chi connectivity index (χ4n) is 2.45. The number of carbonyl (C=O) groups is 1. The molecule has 0 atom stereocenters. The van der Waals surface area contributed by atoms with Crippen molar-refractivity contribution in [1.29, 1.82) is 0 Å². The summed E-state index contributed by atoms with van der Waals surface area (Å²) in [5.41, 5.74) is 4.48. The molecular weight excluding hydrogens is 346 g/mol. The summed E-state index contributed by atoms with van der Waals surface area (Å²) in [7, 11) is 0. The summed E-state index contributed by atoms with van der Waals surface area (Å²) in [6.45, 7) is 3.11. The van der Waals surface area contributed by atoms with Crippen LogP contribution in [0.2, 0.25) is 5.02 Å². The number of nitrogens with one attached hydrogen (secondary N) is 2. The van der Waals surface area contributed by atoms with Gasteiger partial charge < -0.3 is 10.6 Å². The maximum Gasteiger partial charge on any atom is 0.270 e. The van der Waals surface area contributed by atoms with Crippen molar-refractivity contribution in [2.45, 2.75) is 20.0 Å². The first kappa shape index (κ1) is 18.0. The van der Waals surface area contributed by atoms with Crippen LogP contribution >= 0.6 is 11.6 Å². The third-order valence-corrected chi connectivity index (χ3v) is 4.38. The van der Waals surface area contributed by atoms with Crippen molar-refractivity contribution in [3.8, 4) is 0 Å². The van der Waals surface area contributed by atoms with Crippen LogP contribution in [0, 0.1) is 6.92 Å². The molecule has 0 saturated carbocycles. The fourth-order valence-corrected chi connectivity index (χ4v) is 2.65. The van der Waals surface area contributed by atoms with Crippen molar-refractivity contribution in [3.63, 3.8) is 0 Å². The minimum absolute atomic E-state index is 0.191. The van der Waals surface area contributed by atoms with Gasteiger partial charge in [-0.25, -0.2) is 4.98 Å². The SMILES string of the molecule is Cc1ccc(CNC(=O)c2ccc(NCc3ccccc3Cl)cn2)cc1. The summed E-state index contributed by atoms with van der Waals surface area (Å²) in [4.78, 5) is 16.4. The summed E-state index contributed by atoms with van der Waals surface area (Å²) in [5.74, 6) is -0.191. The average Bonchev–Trinajstić information content (AvgIpc) is 2.67. The van der Waals surface area contributed by atoms with Gasteiger partial charge in [0.15, 0.2) is 0 Å². The lowest BCUT2D eigenvalue weighted by Crippen LogP contribution is -2.23. The second kappa shape index (κ2) is 8.50. The number of benzene rings is 2. The third-order valence-electron chi connectivity index (χ3n) is 4.01. The van der Waals surface area contributed by atoms with Crippen LogP contribution in [0.1, 0.15) is 27.2 Å². The molecule has 0 unspecified atom stereocenters. The average molecular weight is 366 g/mol. The lowest BCUT2D eigenvalue weighted by atomic mass is 10.1. The fraction of sp³-hybridized carbons (Fsp3) is 0.143. The highest BCUT2D eigenvalue weighted by molar-refractivity contribution is 6.31. The summed E-state index contributed by atoms with van der Waals surface area (Å²) < 4.78 is 0. The molecule has 1 amide bonds. The van der Waals surface area contributed by atoms with E-state index in [2.05, 4.69) is 15.6 Å². The first-order valence-corrected chi connectivity index (χ1v) is 8.77. The number of carbonyl (C=O) groups excluding carboxylic acids is 1. The molecule has 0 saturated heterocycles. The highest BCUT2D eigenvalue weighted by Gasteiger charge is 2.07. The van der Waals surface area contributed by atoms with Gasteiger partial charge in [0.05, 0.1) is 11.9 Å². The molecule has 0 spiro atoms. The van der Waals surface area contributed by atoms with Crippen LogP contribution < -0.4 is 10.6 Å². The largest absolute Gasteiger partial charge is 0.380 e. The van der Waals surface area contributed by atoms with Gasteiger partial charge in [0.2, 0.25) is 0 Å². The molecule has 0 radical (unpaired) electrons. The minimum atomic E-state index is -0.191. The van der Waals surface area contributed by atoms with E-state index < -0.39 is 0 Å². The molecule has 1 aromatic heterocycles. The molecule has 5 heteroatoms. The molecule has 4 nitrogen and oxygen atoms in total. The zero-order valence-corrected chi connectivity index (χ0v) is 15.3. The Morgan fingerprint density at radius 1 is 1.00 bits per heavy atom. The Morgan fingerprint density at radius 2 is 1.77 bits per heavy atom. The van der Waals surface area contributed by atoms with Crippen LogP contribution in [0.3, 0.4) is 0 Å². The van der Waals surface area contributed by atoms with Crippen molar-refractivity contribution >= 4 is 23.2 Å². The Labute approximate surface area is 158 Å². The number of amides is 1. The van der Waals surface area contributed by atoms with Crippen molar-refractivity contribution in [2.24, 2.45) is 0 Å². The van der Waals surface area contributed by atoms with Gasteiger partial charge in [-0.2, -0.15) is 0 Å². The van der Waals surface area contributed by atoms with E-state index in [0.717, 1.165) is 21.8 Å². The molecule has 2 aromatic carbocycles. The third kappa shape index (κ3) is 4.83. The molecule has 0 aliphatic carbocycles. The Morgan fingerprint density at radius 3 is 2.46 bits per heavy atom. The first-order valence-electron chi connectivity index (χ1n) is 8.39. The Bertz CT molecular complexity index is 877. The zero-order valence-electron chi connectivity index (χ0n) is 14.5. The second-order valence-corrected chi connectivity index (χ2v) is 6.45. The molecule has 0 aliphatic rings. The van der Waals surface area contributed by atoms with Crippen LogP contribution in [-0.4, -0.2) is 10.9 Å². The molecule has 0 fully saturated rings. The zero-order chi connectivity index (χ0) is 18.4. The highest BCUT2D eigenvalue weighted by atomic mass is 35.5. The molecule has 3 rings (SSSR count). The van der Waals surface area contributed by atoms with Gasteiger partial charge in [-0.15, -0.1) is 0 Å². The molecule has 132 valence electrons. The van der Waals surface area contributed by atoms with Gasteiger partial charge in [-0.05, 0) is 36.2 Å². The predicted octanol–water partition coefficient (Wildman–Crippen LogP) is 4.59. The number of aryl methyl sites for hydroxylation is 1. The van der Waals surface area contributed by atoms with E-state index >= 15 is 0 Å². The molecule has 26 heavy (non-hydrogen) atoms. The molecule has 2 N–H and O–H groups in total. The van der Waals surface area contributed by atoms with E-state index in [0.29, 0.717) is 18.8 Å². The van der Waals surface area contributed by atoms with Gasteiger partial charge in [-0.3, -0.25) is 4.79 Å². The van der Waals surface area contributed by atoms with E-state index in [1.54, 1.807) is 12.3 Å². The normalized spacial score (nSPS) is 10.4. The van der Waals surface area contributed by atoms with E-state index in [-0.39, 0.29) is 5.91 Å². The lowest BCUT2D eigenvalue weighted by molar-refractivity contribution is 0.0946. The van der Waals surface area contributed by atoms with Crippen LogP contribution in [0.4, 0.5) is 5.69 Å². The number of hydrogen-bond acceptors (Lipinski definition) is 3. The number of anilines is 1. The minimum Gasteiger partial charge on any atom is -0.380 e. The highest BCUT2D eigenvalue weighted by Crippen LogP contribution is 2.16. The molecule has 0 aliphatic heterocycles. The predicted molar refractivity (Wildman–Crippen MR) is 105 cm³/mol. The van der Waals surface area contributed by atoms with Gasteiger partial charge in [0, 0.05) is 18.1 Å². The topological polar surface area (TPSA) is 54.0 Å². The summed E-state index contributed by atoms with van der Waals surface area (Å²) >= 11 is 6.14. The first-order chi connectivity index (χ1) is 12.6. The summed E-state index contributed by atoms with van der Waals surface area (Å²) in [5, 5.41) is 6.85. The maximum absolute atomic E-state index is 12.2. The molecule has 1 heterocycles. The second-order valence-electron chi connectivity index (χ2n) is 6.05. The Balaban J connectivity index is 1.54. The van der Waals surface area contributed by atoms with Crippen molar-refractivity contribution in [3.05, 3.63) is 94.3 Å². The van der Waals surface area contributed by atoms with Crippen LogP contribution in [0.25, 0.3) is 0 Å². The smallest absolute Gasteiger partial charge is 0.270 e. The van der Waals surface area contributed by atoms with Gasteiger partial charge in [-0.1, -0.05) is 59.6 Å². The van der Waals surface area contributed by atoms with Gasteiger partial charge >= 0.3 is 0 Å². The number of halogens is 1. The van der Waals surface area contributed by atoms with E-state index in [9.17, 15) is 4.79 Å². The van der Waals surface area contributed by atoms with Crippen LogP contribution in [0.5, 0.6) is 0 Å². The van der Waals surface area contributed by atoms with Crippen LogP contribution in [0.15, 0.2) is 66.9 Å². The number of hydrogen-bond donors (Lipinski definition) is 2. The summed E-state index contributed by atoms with van der Waals surface area (Å²) in [6.07, 6.45) is 1.65. The van der Waals surface area contributed by atoms with Crippen LogP contribution in [-0.2, 0) is 13.1 Å². The van der Waals surface area contributed by atoms with Gasteiger partial charge in [0.1, 0.15) is 5.69 Å². The standard InChI is InChI=1S/C21H20ClN3O/c1-15-6-8-16(9-7-15)12-25-21(26)20-11-10-18(14-24-20)23-13-17-4-2-3-5-19(17)22/h2-11,14,23H,12-13H2,1H3,(H,25,26). The number of nitrogens with zero attached hydrogens (tertiary/aromatic N) is 1. The van der Waals surface area contributed by atoms with E-state index in [1.807, 2.05) is 61.5 Å². The Hall–Kier alpha value is -2.85. The lowest BCUT2D eigenvalue weighted by Gasteiger charge is -2.09. The molecular formula is C21H20ClN3O. The monoisotopic (exact) mass is 365 g/mol. The van der Waals surface area contributed by atoms with Crippen molar-refractivity contribution in [2.75, 3.05) is 5.32 Å². The maximum atomic E-state index is 12.2. The van der Waals surface area contributed by atoms with Crippen molar-refractivity contribution in [1.82, 2.24) is 10.3 Å². The molecule has 0 bridgehead atoms. The summed E-state index contributed by atoms with van der Waals surface area (Å²) in [6, 6.07) is 19.3. The van der Waals surface area contributed by atoms with E-state index in [1.165, 1.54) is 5.56 Å². The van der Waals surface area contributed by atoms with E-state index in [4.69, 9.17) is 11.6 Å². The number of pyridine rings is 1. The Kier molecular flexibility index (Phi) is 5.87. The molecule has 3 aromatic rings. The quantitative estimate of drug-likeness (QED) is 0.672. The number of rotatable bonds is 6. The van der Waals surface area contributed by atoms with Crippen molar-refractivity contribution < 1.29 is 4.79 Å².